The Balaban J connectivity index is 2.62. The van der Waals surface area contributed by atoms with Gasteiger partial charge >= 0.3 is 0 Å². The van der Waals surface area contributed by atoms with Gasteiger partial charge in [-0.2, -0.15) is 0 Å². The molecule has 0 fully saturated rings. The molecule has 0 aliphatic heterocycles. The van der Waals surface area contributed by atoms with Crippen molar-refractivity contribution in [3.05, 3.63) is 29.8 Å². The van der Waals surface area contributed by atoms with E-state index in [9.17, 15) is 0 Å². The lowest BCUT2D eigenvalue weighted by Crippen LogP contribution is -1.99. The standard InChI is InChI=1S/C9H11O2/c1-8-5-3-4-6-9(8)11-7-10-2/h4-6H,7H2,1-2H3. The van der Waals surface area contributed by atoms with Crippen LogP contribution in [0.2, 0.25) is 0 Å². The number of methoxy groups -OCH3 is 1. The summed E-state index contributed by atoms with van der Waals surface area (Å²) in [5.41, 5.74) is 1.07. The predicted molar refractivity (Wildman–Crippen MR) is 42.5 cm³/mol. The largest absolute Gasteiger partial charge is 0.467 e. The van der Waals surface area contributed by atoms with Crippen LogP contribution in [-0.2, 0) is 4.74 Å². The second-order valence-corrected chi connectivity index (χ2v) is 2.24. The highest BCUT2D eigenvalue weighted by Crippen LogP contribution is 2.15. The van der Waals surface area contributed by atoms with Crippen LogP contribution in [0, 0.1) is 13.0 Å². The van der Waals surface area contributed by atoms with E-state index in [-0.39, 0.29) is 0 Å². The first kappa shape index (κ1) is 8.08. The van der Waals surface area contributed by atoms with Crippen LogP contribution in [0.1, 0.15) is 5.56 Å². The zero-order valence-electron chi connectivity index (χ0n) is 6.76. The van der Waals surface area contributed by atoms with Crippen LogP contribution in [-0.4, -0.2) is 13.9 Å². The molecule has 1 aromatic carbocycles. The van der Waals surface area contributed by atoms with E-state index in [0.29, 0.717) is 6.79 Å². The molecule has 0 unspecified atom stereocenters. The molecule has 59 valence electrons. The van der Waals surface area contributed by atoms with Crippen molar-refractivity contribution in [1.82, 2.24) is 0 Å². The molecule has 0 aliphatic carbocycles. The summed E-state index contributed by atoms with van der Waals surface area (Å²) in [6.45, 7) is 2.27. The van der Waals surface area contributed by atoms with Gasteiger partial charge in [0.15, 0.2) is 6.79 Å². The highest BCUT2D eigenvalue weighted by Gasteiger charge is 1.94. The van der Waals surface area contributed by atoms with Crippen molar-refractivity contribution < 1.29 is 9.47 Å². The first-order chi connectivity index (χ1) is 5.34. The summed E-state index contributed by atoms with van der Waals surface area (Å²) in [6.07, 6.45) is 0. The fraction of sp³-hybridized carbons (Fsp3) is 0.333. The Morgan fingerprint density at radius 2 is 2.36 bits per heavy atom. The van der Waals surface area contributed by atoms with Crippen LogP contribution in [0.4, 0.5) is 0 Å². The quantitative estimate of drug-likeness (QED) is 0.613. The third-order valence-corrected chi connectivity index (χ3v) is 1.35. The highest BCUT2D eigenvalue weighted by atomic mass is 16.7. The van der Waals surface area contributed by atoms with Gasteiger partial charge in [-0.15, -0.1) is 0 Å². The predicted octanol–water partition coefficient (Wildman–Crippen LogP) is 1.78. The molecule has 0 amide bonds. The Labute approximate surface area is 66.8 Å². The Bertz CT molecular complexity index is 221. The number of hydrogen-bond donors (Lipinski definition) is 0. The van der Waals surface area contributed by atoms with Crippen LogP contribution >= 0.6 is 0 Å². The van der Waals surface area contributed by atoms with Crippen LogP contribution < -0.4 is 4.74 Å². The van der Waals surface area contributed by atoms with Gasteiger partial charge in [-0.25, -0.2) is 0 Å². The Morgan fingerprint density at radius 1 is 1.55 bits per heavy atom. The van der Waals surface area contributed by atoms with Gasteiger partial charge < -0.3 is 9.47 Å². The molecular weight excluding hydrogens is 140 g/mol. The maximum Gasteiger partial charge on any atom is 0.188 e. The minimum atomic E-state index is 0.296. The highest BCUT2D eigenvalue weighted by molar-refractivity contribution is 5.30. The van der Waals surface area contributed by atoms with Crippen molar-refractivity contribution in [3.8, 4) is 5.75 Å². The van der Waals surface area contributed by atoms with Gasteiger partial charge in [0.25, 0.3) is 0 Å². The number of ether oxygens (including phenoxy) is 2. The smallest absolute Gasteiger partial charge is 0.188 e. The van der Waals surface area contributed by atoms with E-state index < -0.39 is 0 Å². The van der Waals surface area contributed by atoms with Crippen molar-refractivity contribution in [2.24, 2.45) is 0 Å². The van der Waals surface area contributed by atoms with E-state index in [4.69, 9.17) is 9.47 Å². The lowest BCUT2D eigenvalue weighted by molar-refractivity contribution is 0.0506. The van der Waals surface area contributed by atoms with Gasteiger partial charge in [-0.05, 0) is 30.7 Å². The summed E-state index contributed by atoms with van der Waals surface area (Å²) in [4.78, 5) is 0. The SMILES string of the molecule is COCOc1cc[c]cc1C. The summed E-state index contributed by atoms with van der Waals surface area (Å²) in [7, 11) is 1.60. The van der Waals surface area contributed by atoms with Crippen LogP contribution in [0.25, 0.3) is 0 Å². The lowest BCUT2D eigenvalue weighted by atomic mass is 10.2. The van der Waals surface area contributed by atoms with Gasteiger partial charge in [0.05, 0.1) is 0 Å². The molecule has 0 bridgehead atoms. The van der Waals surface area contributed by atoms with Crippen molar-refractivity contribution in [3.63, 3.8) is 0 Å². The minimum absolute atomic E-state index is 0.296. The van der Waals surface area contributed by atoms with Crippen LogP contribution in [0.15, 0.2) is 18.2 Å². The molecule has 0 heterocycles. The molecule has 0 aromatic heterocycles. The van der Waals surface area contributed by atoms with E-state index in [1.165, 1.54) is 0 Å². The van der Waals surface area contributed by atoms with E-state index >= 15 is 0 Å². The number of rotatable bonds is 3. The van der Waals surface area contributed by atoms with E-state index in [0.717, 1.165) is 11.3 Å². The first-order valence-corrected chi connectivity index (χ1v) is 3.43. The monoisotopic (exact) mass is 151 g/mol. The second-order valence-electron chi connectivity index (χ2n) is 2.24. The third kappa shape index (κ3) is 2.24. The normalized spacial score (nSPS) is 9.64. The van der Waals surface area contributed by atoms with Gasteiger partial charge in [-0.3, -0.25) is 0 Å². The molecule has 1 aromatic rings. The lowest BCUT2D eigenvalue weighted by Gasteiger charge is -2.05. The van der Waals surface area contributed by atoms with Gasteiger partial charge in [0.2, 0.25) is 0 Å². The summed E-state index contributed by atoms with van der Waals surface area (Å²) in [5, 5.41) is 0. The average Bonchev–Trinajstić information content (AvgIpc) is 2.03. The molecule has 0 saturated heterocycles. The molecule has 0 spiro atoms. The summed E-state index contributed by atoms with van der Waals surface area (Å²) in [5.74, 6) is 0.852. The minimum Gasteiger partial charge on any atom is -0.467 e. The van der Waals surface area contributed by atoms with Gasteiger partial charge in [0.1, 0.15) is 5.75 Å². The number of benzene rings is 1. The Morgan fingerprint density at radius 3 is 3.00 bits per heavy atom. The molecule has 0 atom stereocenters. The molecule has 11 heavy (non-hydrogen) atoms. The van der Waals surface area contributed by atoms with Crippen molar-refractivity contribution in [2.45, 2.75) is 6.92 Å². The second kappa shape index (κ2) is 3.98. The first-order valence-electron chi connectivity index (χ1n) is 3.43. The number of aryl methyl sites for hydroxylation is 1. The maximum atomic E-state index is 5.24. The zero-order chi connectivity index (χ0) is 8.10. The van der Waals surface area contributed by atoms with Gasteiger partial charge in [0, 0.05) is 7.11 Å². The fourth-order valence-corrected chi connectivity index (χ4v) is 0.784. The Hall–Kier alpha value is -1.02. The van der Waals surface area contributed by atoms with Crippen LogP contribution in [0.3, 0.4) is 0 Å². The molecule has 0 aliphatic rings. The maximum absolute atomic E-state index is 5.24. The van der Waals surface area contributed by atoms with E-state index in [1.807, 2.05) is 25.1 Å². The number of hydrogen-bond acceptors (Lipinski definition) is 2. The summed E-state index contributed by atoms with van der Waals surface area (Å²) in [6, 6.07) is 8.52. The van der Waals surface area contributed by atoms with E-state index in [1.54, 1.807) is 7.11 Å². The van der Waals surface area contributed by atoms with Gasteiger partial charge in [-0.1, -0.05) is 6.07 Å². The van der Waals surface area contributed by atoms with E-state index in [2.05, 4.69) is 6.07 Å². The average molecular weight is 151 g/mol. The molecule has 1 radical (unpaired) electrons. The topological polar surface area (TPSA) is 18.5 Å². The van der Waals surface area contributed by atoms with Crippen molar-refractivity contribution in [1.29, 1.82) is 0 Å². The van der Waals surface area contributed by atoms with Crippen molar-refractivity contribution >= 4 is 0 Å². The zero-order valence-corrected chi connectivity index (χ0v) is 6.76. The Kier molecular flexibility index (Phi) is 2.93. The van der Waals surface area contributed by atoms with Crippen LogP contribution in [0.5, 0.6) is 5.75 Å². The fourth-order valence-electron chi connectivity index (χ4n) is 0.784. The molecular formula is C9H11O2. The molecule has 2 heteroatoms. The molecule has 0 saturated carbocycles. The molecule has 0 N–H and O–H groups in total. The third-order valence-electron chi connectivity index (χ3n) is 1.35. The van der Waals surface area contributed by atoms with Crippen molar-refractivity contribution in [2.75, 3.05) is 13.9 Å². The summed E-state index contributed by atoms with van der Waals surface area (Å²) >= 11 is 0. The summed E-state index contributed by atoms with van der Waals surface area (Å²) < 4.78 is 10.0. The molecule has 2 nitrogen and oxygen atoms in total. The molecule has 1 rings (SSSR count).